The zero-order valence-corrected chi connectivity index (χ0v) is 12.6. The molecule has 0 saturated carbocycles. The maximum absolute atomic E-state index is 5.87. The number of nitrogens with one attached hydrogen (secondary N) is 1. The van der Waals surface area contributed by atoms with Crippen molar-refractivity contribution in [1.82, 2.24) is 0 Å². The fourth-order valence-corrected chi connectivity index (χ4v) is 3.00. The van der Waals surface area contributed by atoms with Gasteiger partial charge in [0.2, 0.25) is 0 Å². The summed E-state index contributed by atoms with van der Waals surface area (Å²) in [7, 11) is 0. The van der Waals surface area contributed by atoms with E-state index in [0.29, 0.717) is 12.6 Å². The van der Waals surface area contributed by atoms with E-state index in [-0.39, 0.29) is 0 Å². The van der Waals surface area contributed by atoms with Gasteiger partial charge in [0.25, 0.3) is 0 Å². The van der Waals surface area contributed by atoms with Crippen LogP contribution < -0.4 is 15.8 Å². The van der Waals surface area contributed by atoms with E-state index in [9.17, 15) is 0 Å². The van der Waals surface area contributed by atoms with Gasteiger partial charge in [-0.1, -0.05) is 12.1 Å². The van der Waals surface area contributed by atoms with Gasteiger partial charge in [0, 0.05) is 5.69 Å². The van der Waals surface area contributed by atoms with Crippen molar-refractivity contribution in [2.75, 3.05) is 17.7 Å². The van der Waals surface area contributed by atoms with Gasteiger partial charge in [-0.15, -0.1) is 0 Å². The van der Waals surface area contributed by atoms with E-state index < -0.39 is 0 Å². The van der Waals surface area contributed by atoms with Crippen LogP contribution in [0.5, 0.6) is 5.75 Å². The average molecular weight is 282 g/mol. The molecule has 0 amide bonds. The lowest BCUT2D eigenvalue weighted by Crippen LogP contribution is -2.09. The van der Waals surface area contributed by atoms with Crippen LogP contribution in [0.1, 0.15) is 36.1 Å². The molecule has 1 unspecified atom stereocenters. The lowest BCUT2D eigenvalue weighted by Gasteiger charge is -2.19. The number of benzene rings is 2. The number of aryl methyl sites for hydroxylation is 2. The highest BCUT2D eigenvalue weighted by molar-refractivity contribution is 5.60. The molecule has 1 aliphatic rings. The molecule has 1 atom stereocenters. The topological polar surface area (TPSA) is 47.3 Å². The lowest BCUT2D eigenvalue weighted by atomic mass is 10.1. The molecule has 0 fully saturated rings. The highest BCUT2D eigenvalue weighted by Gasteiger charge is 2.23. The number of nitrogen functional groups attached to an aromatic ring is 1. The van der Waals surface area contributed by atoms with E-state index in [1.165, 1.54) is 16.7 Å². The summed E-state index contributed by atoms with van der Waals surface area (Å²) in [4.78, 5) is 0. The largest absolute Gasteiger partial charge is 0.492 e. The molecule has 2 aromatic rings. The smallest absolute Gasteiger partial charge is 0.142 e. The molecule has 0 saturated heterocycles. The monoisotopic (exact) mass is 282 g/mol. The molecule has 3 heteroatoms. The second-order valence-electron chi connectivity index (χ2n) is 5.63. The van der Waals surface area contributed by atoms with E-state index in [1.807, 2.05) is 13.0 Å². The molecule has 0 radical (unpaired) electrons. The van der Waals surface area contributed by atoms with Crippen LogP contribution in [0.15, 0.2) is 36.4 Å². The molecule has 110 valence electrons. The summed E-state index contributed by atoms with van der Waals surface area (Å²) in [6, 6.07) is 12.9. The number of ether oxygens (including phenoxy) is 1. The third-order valence-electron chi connectivity index (χ3n) is 4.01. The Morgan fingerprint density at radius 3 is 2.90 bits per heavy atom. The average Bonchev–Trinajstić information content (AvgIpc) is 2.84. The van der Waals surface area contributed by atoms with E-state index >= 15 is 0 Å². The molecule has 21 heavy (non-hydrogen) atoms. The molecule has 0 aromatic heterocycles. The normalized spacial score (nSPS) is 16.6. The predicted molar refractivity (Wildman–Crippen MR) is 87.9 cm³/mol. The zero-order valence-electron chi connectivity index (χ0n) is 12.6. The van der Waals surface area contributed by atoms with E-state index in [1.54, 1.807) is 0 Å². The Kier molecular flexibility index (Phi) is 3.74. The Morgan fingerprint density at radius 2 is 2.10 bits per heavy atom. The Balaban J connectivity index is 1.86. The third kappa shape index (κ3) is 2.82. The van der Waals surface area contributed by atoms with Crippen molar-refractivity contribution in [2.45, 2.75) is 32.7 Å². The molecule has 0 bridgehead atoms. The number of rotatable bonds is 4. The van der Waals surface area contributed by atoms with Crippen LogP contribution in [0.25, 0.3) is 0 Å². The number of anilines is 2. The maximum atomic E-state index is 5.87. The number of hydrogen-bond donors (Lipinski definition) is 2. The first-order valence-electron chi connectivity index (χ1n) is 7.55. The van der Waals surface area contributed by atoms with Gasteiger partial charge < -0.3 is 15.8 Å². The summed E-state index contributed by atoms with van der Waals surface area (Å²) in [5.41, 5.74) is 11.7. The standard InChI is InChI=1S/C18H22N2O/c1-3-21-18-10-12(2)4-8-17(18)20-16-9-5-13-11-14(19)6-7-15(13)16/h4,6-8,10-11,16,20H,3,5,9,19H2,1-2H3. The summed E-state index contributed by atoms with van der Waals surface area (Å²) in [5.74, 6) is 0.932. The summed E-state index contributed by atoms with van der Waals surface area (Å²) in [5, 5.41) is 3.63. The fourth-order valence-electron chi connectivity index (χ4n) is 3.00. The van der Waals surface area contributed by atoms with Crippen molar-refractivity contribution in [3.8, 4) is 5.75 Å². The van der Waals surface area contributed by atoms with Crippen molar-refractivity contribution >= 4 is 11.4 Å². The highest BCUT2D eigenvalue weighted by atomic mass is 16.5. The second-order valence-corrected chi connectivity index (χ2v) is 5.63. The first-order chi connectivity index (χ1) is 10.2. The van der Waals surface area contributed by atoms with E-state index in [0.717, 1.165) is 30.0 Å². The van der Waals surface area contributed by atoms with Gasteiger partial charge in [0.1, 0.15) is 5.75 Å². The van der Waals surface area contributed by atoms with Crippen molar-refractivity contribution in [1.29, 1.82) is 0 Å². The Morgan fingerprint density at radius 1 is 1.24 bits per heavy atom. The van der Waals surface area contributed by atoms with Crippen molar-refractivity contribution in [2.24, 2.45) is 0 Å². The molecular formula is C18H22N2O. The van der Waals surface area contributed by atoms with Gasteiger partial charge in [-0.25, -0.2) is 0 Å². The fraction of sp³-hybridized carbons (Fsp3) is 0.333. The SMILES string of the molecule is CCOc1cc(C)ccc1NC1CCc2cc(N)ccc21. The molecular weight excluding hydrogens is 260 g/mol. The van der Waals surface area contributed by atoms with E-state index in [4.69, 9.17) is 10.5 Å². The summed E-state index contributed by atoms with van der Waals surface area (Å²) in [6.07, 6.45) is 2.17. The summed E-state index contributed by atoms with van der Waals surface area (Å²) in [6.45, 7) is 4.77. The van der Waals surface area contributed by atoms with Crippen LogP contribution in [0.4, 0.5) is 11.4 Å². The molecule has 3 nitrogen and oxygen atoms in total. The van der Waals surface area contributed by atoms with Crippen LogP contribution in [0, 0.1) is 6.92 Å². The van der Waals surface area contributed by atoms with Crippen LogP contribution >= 0.6 is 0 Å². The molecule has 0 heterocycles. The van der Waals surface area contributed by atoms with Crippen molar-refractivity contribution < 1.29 is 4.74 Å². The maximum Gasteiger partial charge on any atom is 0.142 e. The number of nitrogens with two attached hydrogens (primary N) is 1. The highest BCUT2D eigenvalue weighted by Crippen LogP contribution is 2.37. The van der Waals surface area contributed by atoms with Gasteiger partial charge in [0.15, 0.2) is 0 Å². The van der Waals surface area contributed by atoms with Crippen LogP contribution in [0.3, 0.4) is 0 Å². The Hall–Kier alpha value is -2.16. The van der Waals surface area contributed by atoms with E-state index in [2.05, 4.69) is 42.6 Å². The second kappa shape index (κ2) is 5.68. The molecule has 0 spiro atoms. The quantitative estimate of drug-likeness (QED) is 0.831. The van der Waals surface area contributed by atoms with Crippen molar-refractivity contribution in [3.05, 3.63) is 53.1 Å². The van der Waals surface area contributed by atoms with Crippen LogP contribution in [-0.2, 0) is 6.42 Å². The summed E-state index contributed by atoms with van der Waals surface area (Å²) < 4.78 is 5.75. The minimum absolute atomic E-state index is 0.336. The number of fused-ring (bicyclic) bond motifs is 1. The van der Waals surface area contributed by atoms with Gasteiger partial charge in [-0.05, 0) is 67.6 Å². The first-order valence-corrected chi connectivity index (χ1v) is 7.55. The van der Waals surface area contributed by atoms with Gasteiger partial charge in [0.05, 0.1) is 18.3 Å². The van der Waals surface area contributed by atoms with Gasteiger partial charge in [-0.3, -0.25) is 0 Å². The molecule has 2 aromatic carbocycles. The van der Waals surface area contributed by atoms with Crippen LogP contribution in [-0.4, -0.2) is 6.61 Å². The summed E-state index contributed by atoms with van der Waals surface area (Å²) >= 11 is 0. The predicted octanol–water partition coefficient (Wildman–Crippen LogP) is 4.08. The van der Waals surface area contributed by atoms with Crippen molar-refractivity contribution in [3.63, 3.8) is 0 Å². The Labute approximate surface area is 126 Å². The van der Waals surface area contributed by atoms with Crippen LogP contribution in [0.2, 0.25) is 0 Å². The molecule has 3 rings (SSSR count). The third-order valence-corrected chi connectivity index (χ3v) is 4.01. The molecule has 1 aliphatic carbocycles. The first kappa shape index (κ1) is 13.8. The molecule has 3 N–H and O–H groups in total. The zero-order chi connectivity index (χ0) is 14.8. The van der Waals surface area contributed by atoms with Gasteiger partial charge >= 0.3 is 0 Å². The molecule has 0 aliphatic heterocycles. The number of hydrogen-bond acceptors (Lipinski definition) is 3. The van der Waals surface area contributed by atoms with Gasteiger partial charge in [-0.2, -0.15) is 0 Å². The minimum atomic E-state index is 0.336. The lowest BCUT2D eigenvalue weighted by molar-refractivity contribution is 0.341. The Bertz CT molecular complexity index is 652. The minimum Gasteiger partial charge on any atom is -0.492 e.